The fourth-order valence-electron chi connectivity index (χ4n) is 2.02. The Bertz CT molecular complexity index is 432. The summed E-state index contributed by atoms with van der Waals surface area (Å²) in [5, 5.41) is 8.98. The zero-order valence-electron chi connectivity index (χ0n) is 11.1. The first-order valence-corrected chi connectivity index (χ1v) is 6.28. The average molecular weight is 251 g/mol. The van der Waals surface area contributed by atoms with Gasteiger partial charge in [-0.25, -0.2) is 8.78 Å². The lowest BCUT2D eigenvalue weighted by Crippen LogP contribution is -2.16. The minimum Gasteiger partial charge on any atom is -0.201 e. The van der Waals surface area contributed by atoms with E-state index in [0.29, 0.717) is 12.0 Å². The lowest BCUT2D eigenvalue weighted by atomic mass is 9.92. The minimum atomic E-state index is -2.82. The third kappa shape index (κ3) is 3.53. The van der Waals surface area contributed by atoms with E-state index in [1.54, 1.807) is 26.0 Å². The number of rotatable bonds is 5. The molecular formula is C15H19F2N. The number of halogens is 2. The van der Waals surface area contributed by atoms with E-state index in [-0.39, 0.29) is 23.8 Å². The lowest BCUT2D eigenvalue weighted by molar-refractivity contribution is -0.0250. The minimum absolute atomic E-state index is 0.0161. The molecule has 0 saturated heterocycles. The summed E-state index contributed by atoms with van der Waals surface area (Å²) in [5.41, 5.74) is 0.698. The van der Waals surface area contributed by atoms with Crippen LogP contribution in [-0.4, -0.2) is 0 Å². The molecule has 1 atom stereocenters. The first-order valence-electron chi connectivity index (χ1n) is 6.28. The highest BCUT2D eigenvalue weighted by atomic mass is 19.3. The van der Waals surface area contributed by atoms with Crippen molar-refractivity contribution in [1.82, 2.24) is 0 Å². The van der Waals surface area contributed by atoms with Gasteiger partial charge in [0.2, 0.25) is 0 Å². The van der Waals surface area contributed by atoms with Crippen molar-refractivity contribution >= 4 is 0 Å². The van der Waals surface area contributed by atoms with E-state index < -0.39 is 5.92 Å². The van der Waals surface area contributed by atoms with Crippen LogP contribution in [0.2, 0.25) is 0 Å². The Morgan fingerprint density at radius 2 is 2.00 bits per heavy atom. The SMILES string of the molecule is CCC(C#N)c1cccc(C(F)(F)CC(C)C)c1. The molecule has 0 aliphatic carbocycles. The number of nitriles is 1. The molecule has 0 heterocycles. The van der Waals surface area contributed by atoms with Crippen LogP contribution in [0.1, 0.15) is 50.7 Å². The highest BCUT2D eigenvalue weighted by molar-refractivity contribution is 5.32. The van der Waals surface area contributed by atoms with Gasteiger partial charge in [-0.1, -0.05) is 39.0 Å². The summed E-state index contributed by atoms with van der Waals surface area (Å²) in [4.78, 5) is 0. The predicted octanol–water partition coefficient (Wildman–Crippen LogP) is 4.84. The number of nitrogens with zero attached hydrogens (tertiary/aromatic N) is 1. The van der Waals surface area contributed by atoms with Gasteiger partial charge in [-0.2, -0.15) is 5.26 Å². The summed E-state index contributed by atoms with van der Waals surface area (Å²) in [6.45, 7) is 5.44. The van der Waals surface area contributed by atoms with E-state index in [2.05, 4.69) is 6.07 Å². The molecule has 18 heavy (non-hydrogen) atoms. The Morgan fingerprint density at radius 3 is 2.50 bits per heavy atom. The van der Waals surface area contributed by atoms with E-state index in [0.717, 1.165) is 0 Å². The smallest absolute Gasteiger partial charge is 0.201 e. The maximum absolute atomic E-state index is 14.0. The van der Waals surface area contributed by atoms with Gasteiger partial charge in [-0.05, 0) is 24.0 Å². The van der Waals surface area contributed by atoms with Crippen molar-refractivity contribution in [2.45, 2.75) is 45.5 Å². The maximum Gasteiger partial charge on any atom is 0.273 e. The third-order valence-electron chi connectivity index (χ3n) is 2.94. The van der Waals surface area contributed by atoms with Gasteiger partial charge in [0.15, 0.2) is 0 Å². The van der Waals surface area contributed by atoms with Crippen molar-refractivity contribution in [2.75, 3.05) is 0 Å². The van der Waals surface area contributed by atoms with Crippen molar-refractivity contribution in [2.24, 2.45) is 5.92 Å². The third-order valence-corrected chi connectivity index (χ3v) is 2.94. The standard InChI is InChI=1S/C15H19F2N/c1-4-12(10-18)13-6-5-7-14(8-13)15(16,17)9-11(2)3/h5-8,11-12H,4,9H2,1-3H3. The molecule has 3 heteroatoms. The van der Waals surface area contributed by atoms with Gasteiger partial charge in [0.25, 0.3) is 5.92 Å². The number of alkyl halides is 2. The van der Waals surface area contributed by atoms with Crippen LogP contribution in [0.15, 0.2) is 24.3 Å². The molecule has 1 aromatic carbocycles. The monoisotopic (exact) mass is 251 g/mol. The highest BCUT2D eigenvalue weighted by Gasteiger charge is 2.32. The van der Waals surface area contributed by atoms with Gasteiger partial charge in [0, 0.05) is 12.0 Å². The van der Waals surface area contributed by atoms with Crippen molar-refractivity contribution < 1.29 is 8.78 Å². The molecule has 0 radical (unpaired) electrons. The lowest BCUT2D eigenvalue weighted by Gasteiger charge is -2.20. The van der Waals surface area contributed by atoms with Crippen LogP contribution < -0.4 is 0 Å². The molecule has 98 valence electrons. The van der Waals surface area contributed by atoms with Gasteiger partial charge >= 0.3 is 0 Å². The molecule has 0 amide bonds. The van der Waals surface area contributed by atoms with Crippen molar-refractivity contribution in [3.05, 3.63) is 35.4 Å². The molecule has 1 unspecified atom stereocenters. The molecule has 0 aromatic heterocycles. The van der Waals surface area contributed by atoms with E-state index in [1.807, 2.05) is 6.92 Å². The average Bonchev–Trinajstić information content (AvgIpc) is 2.29. The molecule has 0 bridgehead atoms. The second kappa shape index (κ2) is 5.95. The summed E-state index contributed by atoms with van der Waals surface area (Å²) in [5.74, 6) is -3.20. The Balaban J connectivity index is 3.05. The predicted molar refractivity (Wildman–Crippen MR) is 68.4 cm³/mol. The van der Waals surface area contributed by atoms with E-state index in [1.165, 1.54) is 12.1 Å². The van der Waals surface area contributed by atoms with Gasteiger partial charge in [0.1, 0.15) is 0 Å². The fraction of sp³-hybridized carbons (Fsp3) is 0.533. The Kier molecular flexibility index (Phi) is 4.84. The fourth-order valence-corrected chi connectivity index (χ4v) is 2.02. The second-order valence-corrected chi connectivity index (χ2v) is 5.02. The summed E-state index contributed by atoms with van der Waals surface area (Å²) in [6.07, 6.45) is 0.468. The van der Waals surface area contributed by atoms with E-state index >= 15 is 0 Å². The van der Waals surface area contributed by atoms with Crippen LogP contribution in [0.4, 0.5) is 8.78 Å². The first kappa shape index (κ1) is 14.6. The second-order valence-electron chi connectivity index (χ2n) is 5.02. The number of hydrogen-bond donors (Lipinski definition) is 0. The molecule has 0 N–H and O–H groups in total. The van der Waals surface area contributed by atoms with E-state index in [4.69, 9.17) is 5.26 Å². The summed E-state index contributed by atoms with van der Waals surface area (Å²) >= 11 is 0. The summed E-state index contributed by atoms with van der Waals surface area (Å²) in [6, 6.07) is 8.41. The summed E-state index contributed by atoms with van der Waals surface area (Å²) in [7, 11) is 0. The largest absolute Gasteiger partial charge is 0.273 e. The molecular weight excluding hydrogens is 232 g/mol. The molecule has 0 aliphatic heterocycles. The van der Waals surface area contributed by atoms with Crippen molar-refractivity contribution in [1.29, 1.82) is 5.26 Å². The van der Waals surface area contributed by atoms with Crippen molar-refractivity contribution in [3.8, 4) is 6.07 Å². The van der Waals surface area contributed by atoms with Crippen LogP contribution in [0.5, 0.6) is 0 Å². The zero-order valence-corrected chi connectivity index (χ0v) is 11.1. The number of hydrogen-bond acceptors (Lipinski definition) is 1. The van der Waals surface area contributed by atoms with Crippen LogP contribution in [0.25, 0.3) is 0 Å². The van der Waals surface area contributed by atoms with E-state index in [9.17, 15) is 8.78 Å². The van der Waals surface area contributed by atoms with Crippen LogP contribution >= 0.6 is 0 Å². The molecule has 0 aliphatic rings. The van der Waals surface area contributed by atoms with Gasteiger partial charge in [-0.15, -0.1) is 0 Å². The highest BCUT2D eigenvalue weighted by Crippen LogP contribution is 2.35. The van der Waals surface area contributed by atoms with Crippen LogP contribution in [-0.2, 0) is 5.92 Å². The van der Waals surface area contributed by atoms with Gasteiger partial charge in [0.05, 0.1) is 12.0 Å². The molecule has 1 aromatic rings. The number of benzene rings is 1. The molecule has 0 spiro atoms. The van der Waals surface area contributed by atoms with Gasteiger partial charge in [-0.3, -0.25) is 0 Å². The Labute approximate surface area is 107 Å². The van der Waals surface area contributed by atoms with Gasteiger partial charge < -0.3 is 0 Å². The molecule has 0 saturated carbocycles. The quantitative estimate of drug-likeness (QED) is 0.734. The Hall–Kier alpha value is -1.43. The van der Waals surface area contributed by atoms with Crippen LogP contribution in [0, 0.1) is 17.2 Å². The normalized spacial score (nSPS) is 13.4. The molecule has 1 rings (SSSR count). The van der Waals surface area contributed by atoms with Crippen molar-refractivity contribution in [3.63, 3.8) is 0 Å². The maximum atomic E-state index is 14.0. The zero-order chi connectivity index (χ0) is 13.8. The first-order chi connectivity index (χ1) is 8.40. The summed E-state index contributed by atoms with van der Waals surface area (Å²) < 4.78 is 28.0. The molecule has 0 fully saturated rings. The van der Waals surface area contributed by atoms with Crippen LogP contribution in [0.3, 0.4) is 0 Å². The Morgan fingerprint density at radius 1 is 1.33 bits per heavy atom. The molecule has 1 nitrogen and oxygen atoms in total. The topological polar surface area (TPSA) is 23.8 Å².